The van der Waals surface area contributed by atoms with Crippen molar-refractivity contribution in [3.05, 3.63) is 46.8 Å². The van der Waals surface area contributed by atoms with Gasteiger partial charge in [0.15, 0.2) is 0 Å². The second-order valence-electron chi connectivity index (χ2n) is 5.98. The Bertz CT molecular complexity index is 1010. The number of hydrogen-bond acceptors (Lipinski definition) is 6. The van der Waals surface area contributed by atoms with Gasteiger partial charge in [-0.3, -0.25) is 4.18 Å². The third kappa shape index (κ3) is 3.34. The molecule has 0 bridgehead atoms. The van der Waals surface area contributed by atoms with Crippen molar-refractivity contribution < 1.29 is 21.0 Å². The Balaban J connectivity index is 2.06. The molecule has 2 heterocycles. The van der Waals surface area contributed by atoms with Gasteiger partial charge in [-0.15, -0.1) is 0 Å². The molecule has 8 nitrogen and oxygen atoms in total. The molecule has 2 aromatic rings. The minimum atomic E-state index is -3.86. The summed E-state index contributed by atoms with van der Waals surface area (Å²) in [6.45, 7) is 5.18. The SMILES string of the molecule is Cc1ccc(S(=O)(=O)n2nc(C)c(C3CCOS(=O)(=O)N3)c2C)cc1. The molecule has 1 atom stereocenters. The third-order valence-electron chi connectivity index (χ3n) is 4.13. The largest absolute Gasteiger partial charge is 0.336 e. The van der Waals surface area contributed by atoms with Crippen LogP contribution in [-0.4, -0.2) is 32.6 Å². The van der Waals surface area contributed by atoms with E-state index in [0.717, 1.165) is 9.65 Å². The molecule has 136 valence electrons. The minimum Gasteiger partial charge on any atom is -0.258 e. The lowest BCUT2D eigenvalue weighted by atomic mass is 10.0. The van der Waals surface area contributed by atoms with Crippen molar-refractivity contribution in [1.82, 2.24) is 13.9 Å². The van der Waals surface area contributed by atoms with Gasteiger partial charge in [-0.1, -0.05) is 17.7 Å². The number of hydrogen-bond donors (Lipinski definition) is 1. The zero-order valence-corrected chi connectivity index (χ0v) is 15.7. The van der Waals surface area contributed by atoms with E-state index in [-0.39, 0.29) is 11.5 Å². The maximum absolute atomic E-state index is 12.9. The first-order valence-corrected chi connectivity index (χ1v) is 10.5. The summed E-state index contributed by atoms with van der Waals surface area (Å²) in [4.78, 5) is 0.128. The molecule has 25 heavy (non-hydrogen) atoms. The average molecular weight is 385 g/mol. The summed E-state index contributed by atoms with van der Waals surface area (Å²) < 4.78 is 57.1. The highest BCUT2D eigenvalue weighted by Gasteiger charge is 2.32. The molecule has 1 aliphatic heterocycles. The Morgan fingerprint density at radius 2 is 1.84 bits per heavy atom. The van der Waals surface area contributed by atoms with Crippen LogP contribution in [0.1, 0.15) is 35.0 Å². The molecular formula is C15H19N3O5S2. The first kappa shape index (κ1) is 18.1. The van der Waals surface area contributed by atoms with Gasteiger partial charge in [-0.2, -0.15) is 30.7 Å². The van der Waals surface area contributed by atoms with Crippen LogP contribution in [0, 0.1) is 20.8 Å². The van der Waals surface area contributed by atoms with Gasteiger partial charge >= 0.3 is 10.3 Å². The Hall–Kier alpha value is -1.75. The molecule has 1 N–H and O–H groups in total. The number of rotatable bonds is 3. The molecule has 1 fully saturated rings. The van der Waals surface area contributed by atoms with E-state index in [1.54, 1.807) is 26.0 Å². The van der Waals surface area contributed by atoms with Crippen molar-refractivity contribution >= 4 is 20.3 Å². The molecule has 1 saturated heterocycles. The molecule has 0 saturated carbocycles. The Morgan fingerprint density at radius 1 is 1.20 bits per heavy atom. The topological polar surface area (TPSA) is 107 Å². The van der Waals surface area contributed by atoms with Gasteiger partial charge in [0.1, 0.15) is 0 Å². The minimum absolute atomic E-state index is 0.0365. The standard InChI is InChI=1S/C15H19N3O5S2/c1-10-4-6-13(7-5-10)24(19,20)18-12(3)15(11(2)16-18)14-8-9-23-25(21,22)17-14/h4-7,14,17H,8-9H2,1-3H3. The predicted octanol–water partition coefficient (Wildman–Crippen LogP) is 1.34. The van der Waals surface area contributed by atoms with Gasteiger partial charge in [0, 0.05) is 5.56 Å². The molecule has 1 unspecified atom stereocenters. The maximum atomic E-state index is 12.9. The molecule has 0 radical (unpaired) electrons. The number of aryl methyl sites for hydroxylation is 2. The zero-order chi connectivity index (χ0) is 18.4. The quantitative estimate of drug-likeness (QED) is 0.854. The second-order valence-corrected chi connectivity index (χ2v) is 9.13. The van der Waals surface area contributed by atoms with E-state index in [1.165, 1.54) is 12.1 Å². The second kappa shape index (κ2) is 6.20. The van der Waals surface area contributed by atoms with Crippen molar-refractivity contribution in [2.45, 2.75) is 38.1 Å². The van der Waals surface area contributed by atoms with Crippen LogP contribution >= 0.6 is 0 Å². The lowest BCUT2D eigenvalue weighted by molar-refractivity contribution is 0.257. The Morgan fingerprint density at radius 3 is 2.44 bits per heavy atom. The summed E-state index contributed by atoms with van der Waals surface area (Å²) in [7, 11) is -7.69. The highest BCUT2D eigenvalue weighted by molar-refractivity contribution is 7.89. The number of benzene rings is 1. The lowest BCUT2D eigenvalue weighted by Gasteiger charge is -2.23. The van der Waals surface area contributed by atoms with Crippen LogP contribution in [0.15, 0.2) is 29.2 Å². The van der Waals surface area contributed by atoms with Gasteiger partial charge < -0.3 is 0 Å². The first-order chi connectivity index (χ1) is 11.6. The van der Waals surface area contributed by atoms with Crippen LogP contribution in [-0.2, 0) is 24.5 Å². The monoisotopic (exact) mass is 385 g/mol. The van der Waals surface area contributed by atoms with Crippen LogP contribution in [0.5, 0.6) is 0 Å². The lowest BCUT2D eigenvalue weighted by Crippen LogP contribution is -2.36. The molecule has 1 aliphatic rings. The van der Waals surface area contributed by atoms with Crippen LogP contribution in [0.25, 0.3) is 0 Å². The van der Waals surface area contributed by atoms with E-state index in [1.807, 2.05) is 6.92 Å². The summed E-state index contributed by atoms with van der Waals surface area (Å²) in [5.41, 5.74) is 2.35. The maximum Gasteiger partial charge on any atom is 0.336 e. The zero-order valence-electron chi connectivity index (χ0n) is 14.1. The van der Waals surface area contributed by atoms with E-state index in [9.17, 15) is 16.8 Å². The molecule has 1 aromatic carbocycles. The Labute approximate surface area is 147 Å². The van der Waals surface area contributed by atoms with Gasteiger partial charge in [0.25, 0.3) is 10.0 Å². The van der Waals surface area contributed by atoms with Crippen LogP contribution in [0.4, 0.5) is 0 Å². The van der Waals surface area contributed by atoms with Crippen molar-refractivity contribution in [3.63, 3.8) is 0 Å². The summed E-state index contributed by atoms with van der Waals surface area (Å²) >= 11 is 0. The molecule has 3 rings (SSSR count). The summed E-state index contributed by atoms with van der Waals surface area (Å²) in [5, 5.41) is 4.16. The van der Waals surface area contributed by atoms with Gasteiger partial charge in [0.2, 0.25) is 0 Å². The van der Waals surface area contributed by atoms with Crippen molar-refractivity contribution in [2.24, 2.45) is 0 Å². The van der Waals surface area contributed by atoms with E-state index in [4.69, 9.17) is 0 Å². The summed E-state index contributed by atoms with van der Waals surface area (Å²) in [6.07, 6.45) is 0.400. The van der Waals surface area contributed by atoms with Gasteiger partial charge in [-0.25, -0.2) is 0 Å². The van der Waals surface area contributed by atoms with Crippen molar-refractivity contribution in [2.75, 3.05) is 6.61 Å². The first-order valence-electron chi connectivity index (χ1n) is 7.67. The number of nitrogens with one attached hydrogen (secondary N) is 1. The van der Waals surface area contributed by atoms with Crippen LogP contribution < -0.4 is 4.72 Å². The fourth-order valence-electron chi connectivity index (χ4n) is 2.92. The fraction of sp³-hybridized carbons (Fsp3) is 0.400. The highest BCUT2D eigenvalue weighted by Crippen LogP contribution is 2.29. The summed E-state index contributed by atoms with van der Waals surface area (Å²) in [5.74, 6) is 0. The van der Waals surface area contributed by atoms with E-state index < -0.39 is 26.4 Å². The third-order valence-corrected chi connectivity index (χ3v) is 6.86. The van der Waals surface area contributed by atoms with Crippen LogP contribution in [0.3, 0.4) is 0 Å². The van der Waals surface area contributed by atoms with E-state index in [2.05, 4.69) is 14.0 Å². The number of aromatic nitrogens is 2. The van der Waals surface area contributed by atoms with Gasteiger partial charge in [-0.05, 0) is 39.3 Å². The predicted molar refractivity (Wildman–Crippen MR) is 90.8 cm³/mol. The van der Waals surface area contributed by atoms with Gasteiger partial charge in [0.05, 0.1) is 28.9 Å². The fourth-order valence-corrected chi connectivity index (χ4v) is 5.26. The average Bonchev–Trinajstić information content (AvgIpc) is 2.82. The number of nitrogens with zero attached hydrogens (tertiary/aromatic N) is 2. The molecule has 0 aliphatic carbocycles. The molecule has 10 heteroatoms. The highest BCUT2D eigenvalue weighted by atomic mass is 32.2. The molecule has 0 spiro atoms. The molecular weight excluding hydrogens is 366 g/mol. The van der Waals surface area contributed by atoms with Crippen LogP contribution in [0.2, 0.25) is 0 Å². The Kier molecular flexibility index (Phi) is 4.48. The summed E-state index contributed by atoms with van der Waals surface area (Å²) in [6, 6.07) is 5.91. The molecule has 1 aromatic heterocycles. The van der Waals surface area contributed by atoms with Crippen molar-refractivity contribution in [1.29, 1.82) is 0 Å². The normalized spacial score (nSPS) is 20.5. The van der Waals surface area contributed by atoms with Crippen molar-refractivity contribution in [3.8, 4) is 0 Å². The van der Waals surface area contributed by atoms with E-state index >= 15 is 0 Å². The van der Waals surface area contributed by atoms with E-state index in [0.29, 0.717) is 23.4 Å². The smallest absolute Gasteiger partial charge is 0.258 e. The molecule has 0 amide bonds.